The van der Waals surface area contributed by atoms with Crippen LogP contribution in [0.2, 0.25) is 0 Å². The van der Waals surface area contributed by atoms with Gasteiger partial charge in [-0.05, 0) is 18.1 Å². The summed E-state index contributed by atoms with van der Waals surface area (Å²) >= 11 is 3.52. The van der Waals surface area contributed by atoms with Gasteiger partial charge < -0.3 is 10.0 Å². The highest BCUT2D eigenvalue weighted by atomic mass is 79.9. The molecule has 0 bridgehead atoms. The molecule has 0 spiro atoms. The summed E-state index contributed by atoms with van der Waals surface area (Å²) in [5, 5.41) is 8.81. The van der Waals surface area contributed by atoms with E-state index in [4.69, 9.17) is 5.11 Å². The standard InChI is InChI=1S/C14H16BrN3O/c1-18(7-4-8-19)14-16-9-11(10-17-14)12-5-2-3-6-13(12)15/h2-3,5-6,9-10,19H,4,7-8H2,1H3. The maximum atomic E-state index is 8.81. The normalized spacial score (nSPS) is 10.5. The Kier molecular flexibility index (Phi) is 4.87. The van der Waals surface area contributed by atoms with Crippen LogP contribution in [0.5, 0.6) is 0 Å². The minimum Gasteiger partial charge on any atom is -0.396 e. The van der Waals surface area contributed by atoms with Crippen molar-refractivity contribution in [3.05, 3.63) is 41.1 Å². The summed E-state index contributed by atoms with van der Waals surface area (Å²) in [6, 6.07) is 7.99. The van der Waals surface area contributed by atoms with E-state index < -0.39 is 0 Å². The summed E-state index contributed by atoms with van der Waals surface area (Å²) in [6.45, 7) is 0.921. The highest BCUT2D eigenvalue weighted by molar-refractivity contribution is 9.10. The first-order valence-electron chi connectivity index (χ1n) is 6.11. The SMILES string of the molecule is CN(CCCO)c1ncc(-c2ccccc2Br)cn1. The minimum absolute atomic E-state index is 0.180. The second-order valence-corrected chi connectivity index (χ2v) is 5.10. The number of hydrogen-bond acceptors (Lipinski definition) is 4. The molecule has 4 nitrogen and oxygen atoms in total. The maximum Gasteiger partial charge on any atom is 0.225 e. The van der Waals surface area contributed by atoms with Crippen molar-refractivity contribution >= 4 is 21.9 Å². The number of benzene rings is 1. The molecule has 0 aliphatic heterocycles. The fourth-order valence-electron chi connectivity index (χ4n) is 1.76. The van der Waals surface area contributed by atoms with Gasteiger partial charge in [-0.15, -0.1) is 0 Å². The molecule has 0 saturated heterocycles. The molecule has 2 rings (SSSR count). The molecular weight excluding hydrogens is 306 g/mol. The van der Waals surface area contributed by atoms with Crippen molar-refractivity contribution in [2.45, 2.75) is 6.42 Å². The van der Waals surface area contributed by atoms with Gasteiger partial charge in [0.25, 0.3) is 0 Å². The van der Waals surface area contributed by atoms with E-state index in [1.54, 1.807) is 0 Å². The van der Waals surface area contributed by atoms with E-state index in [1.807, 2.05) is 48.6 Å². The van der Waals surface area contributed by atoms with Crippen LogP contribution >= 0.6 is 15.9 Å². The van der Waals surface area contributed by atoms with Crippen LogP contribution in [0.25, 0.3) is 11.1 Å². The van der Waals surface area contributed by atoms with E-state index in [0.29, 0.717) is 12.4 Å². The number of aliphatic hydroxyl groups excluding tert-OH is 1. The lowest BCUT2D eigenvalue weighted by atomic mass is 10.1. The molecule has 1 aromatic carbocycles. The van der Waals surface area contributed by atoms with Crippen molar-refractivity contribution in [2.75, 3.05) is 25.1 Å². The van der Waals surface area contributed by atoms with Gasteiger partial charge in [-0.3, -0.25) is 0 Å². The fourth-order valence-corrected chi connectivity index (χ4v) is 2.27. The summed E-state index contributed by atoms with van der Waals surface area (Å²) < 4.78 is 1.03. The summed E-state index contributed by atoms with van der Waals surface area (Å²) in [6.07, 6.45) is 4.35. The number of hydrogen-bond donors (Lipinski definition) is 1. The van der Waals surface area contributed by atoms with Crippen molar-refractivity contribution < 1.29 is 5.11 Å². The first kappa shape index (κ1) is 14.0. The van der Waals surface area contributed by atoms with Crippen LogP contribution in [0.1, 0.15) is 6.42 Å². The Morgan fingerprint density at radius 2 is 1.89 bits per heavy atom. The summed E-state index contributed by atoms with van der Waals surface area (Å²) in [7, 11) is 1.92. The predicted octanol–water partition coefficient (Wildman–Crippen LogP) is 2.72. The summed E-state index contributed by atoms with van der Waals surface area (Å²) in [5.41, 5.74) is 2.05. The van der Waals surface area contributed by atoms with Gasteiger partial charge >= 0.3 is 0 Å². The van der Waals surface area contributed by atoms with Crippen molar-refractivity contribution in [3.63, 3.8) is 0 Å². The third-order valence-corrected chi connectivity index (χ3v) is 3.51. The van der Waals surface area contributed by atoms with E-state index in [1.165, 1.54) is 0 Å². The van der Waals surface area contributed by atoms with Gasteiger partial charge in [-0.25, -0.2) is 9.97 Å². The molecule has 0 radical (unpaired) electrons. The van der Waals surface area contributed by atoms with Gasteiger partial charge in [0.15, 0.2) is 0 Å². The van der Waals surface area contributed by atoms with Crippen LogP contribution in [0.4, 0.5) is 5.95 Å². The third kappa shape index (κ3) is 3.52. The van der Waals surface area contributed by atoms with Crippen LogP contribution in [-0.4, -0.2) is 35.3 Å². The van der Waals surface area contributed by atoms with Crippen LogP contribution in [-0.2, 0) is 0 Å². The van der Waals surface area contributed by atoms with Crippen LogP contribution < -0.4 is 4.90 Å². The Morgan fingerprint density at radius 1 is 1.21 bits per heavy atom. The predicted molar refractivity (Wildman–Crippen MR) is 80.1 cm³/mol. The topological polar surface area (TPSA) is 49.2 Å². The Hall–Kier alpha value is -1.46. The maximum absolute atomic E-state index is 8.81. The number of halogens is 1. The van der Waals surface area contributed by atoms with E-state index in [-0.39, 0.29) is 6.61 Å². The molecule has 0 aliphatic carbocycles. The minimum atomic E-state index is 0.180. The van der Waals surface area contributed by atoms with Crippen LogP contribution in [0.15, 0.2) is 41.1 Å². The first-order chi connectivity index (χ1) is 9.22. The van der Waals surface area contributed by atoms with Gasteiger partial charge in [-0.2, -0.15) is 0 Å². The lowest BCUT2D eigenvalue weighted by Crippen LogP contribution is -2.21. The molecule has 0 saturated carbocycles. The monoisotopic (exact) mass is 321 g/mol. The highest BCUT2D eigenvalue weighted by Gasteiger charge is 2.06. The van der Waals surface area contributed by atoms with Gasteiger partial charge in [0.05, 0.1) is 0 Å². The lowest BCUT2D eigenvalue weighted by Gasteiger charge is -2.16. The van der Waals surface area contributed by atoms with Gasteiger partial charge in [0.1, 0.15) is 0 Å². The lowest BCUT2D eigenvalue weighted by molar-refractivity contribution is 0.290. The highest BCUT2D eigenvalue weighted by Crippen LogP contribution is 2.27. The molecule has 2 aromatic rings. The molecule has 19 heavy (non-hydrogen) atoms. The molecule has 0 fully saturated rings. The zero-order valence-corrected chi connectivity index (χ0v) is 12.3. The molecule has 100 valence electrons. The smallest absolute Gasteiger partial charge is 0.225 e. The van der Waals surface area contributed by atoms with E-state index >= 15 is 0 Å². The molecule has 1 N–H and O–H groups in total. The van der Waals surface area contributed by atoms with Gasteiger partial charge in [0, 0.05) is 42.6 Å². The fraction of sp³-hybridized carbons (Fsp3) is 0.286. The number of aromatic nitrogens is 2. The molecule has 1 heterocycles. The molecular formula is C14H16BrN3O. The van der Waals surface area contributed by atoms with Crippen LogP contribution in [0.3, 0.4) is 0 Å². The van der Waals surface area contributed by atoms with Crippen molar-refractivity contribution in [1.82, 2.24) is 9.97 Å². The number of rotatable bonds is 5. The number of nitrogens with zero attached hydrogens (tertiary/aromatic N) is 3. The van der Waals surface area contributed by atoms with E-state index in [0.717, 1.165) is 22.1 Å². The van der Waals surface area contributed by atoms with Crippen molar-refractivity contribution in [3.8, 4) is 11.1 Å². The zero-order valence-electron chi connectivity index (χ0n) is 10.8. The van der Waals surface area contributed by atoms with Crippen molar-refractivity contribution in [1.29, 1.82) is 0 Å². The molecule has 0 aliphatic rings. The second-order valence-electron chi connectivity index (χ2n) is 4.25. The Morgan fingerprint density at radius 3 is 2.53 bits per heavy atom. The van der Waals surface area contributed by atoms with E-state index in [9.17, 15) is 0 Å². The average molecular weight is 322 g/mol. The second kappa shape index (κ2) is 6.63. The van der Waals surface area contributed by atoms with E-state index in [2.05, 4.69) is 25.9 Å². The summed E-state index contributed by atoms with van der Waals surface area (Å²) in [5.74, 6) is 0.671. The first-order valence-corrected chi connectivity index (χ1v) is 6.90. The van der Waals surface area contributed by atoms with Gasteiger partial charge in [0.2, 0.25) is 5.95 Å². The van der Waals surface area contributed by atoms with Crippen LogP contribution in [0, 0.1) is 0 Å². The largest absolute Gasteiger partial charge is 0.396 e. The number of aliphatic hydroxyl groups is 1. The Labute approximate surface area is 121 Å². The molecule has 1 aromatic heterocycles. The third-order valence-electron chi connectivity index (χ3n) is 2.82. The molecule has 0 atom stereocenters. The summed E-state index contributed by atoms with van der Waals surface area (Å²) in [4.78, 5) is 10.7. The quantitative estimate of drug-likeness (QED) is 0.920. The molecule has 0 amide bonds. The molecule has 0 unspecified atom stereocenters. The Balaban J connectivity index is 2.17. The van der Waals surface area contributed by atoms with Crippen molar-refractivity contribution in [2.24, 2.45) is 0 Å². The van der Waals surface area contributed by atoms with Gasteiger partial charge in [-0.1, -0.05) is 34.1 Å². The average Bonchev–Trinajstić information content (AvgIpc) is 2.45. The zero-order chi connectivity index (χ0) is 13.7. The number of anilines is 1. The molecule has 5 heteroatoms. The Bertz CT molecular complexity index is 530.